The van der Waals surface area contributed by atoms with Crippen LogP contribution in [0.3, 0.4) is 0 Å². The van der Waals surface area contributed by atoms with Gasteiger partial charge in [-0.3, -0.25) is 14.2 Å². The number of carbonyl (C=O) groups excluding carboxylic acids is 2. The molecule has 1 saturated carbocycles. The van der Waals surface area contributed by atoms with Gasteiger partial charge < -0.3 is 19.7 Å². The second kappa shape index (κ2) is 8.73. The fraction of sp³-hybridized carbons (Fsp3) is 0.522. The molecule has 1 unspecified atom stereocenters. The Morgan fingerprint density at radius 2 is 2.15 bits per heavy atom. The van der Waals surface area contributed by atoms with Crippen molar-refractivity contribution in [2.24, 2.45) is 5.92 Å². The number of hydrogen-bond acceptors (Lipinski definition) is 7. The number of ether oxygens (including phenoxy) is 1. The van der Waals surface area contributed by atoms with Crippen LogP contribution in [0, 0.1) is 22.5 Å². The standard InChI is InChI=1S/C23H25N5O5/c24-11-20-19(25-33-28(20)31)14-32-17-7-6-15-8-9-27-21(18(15)10-17)12-26(13-22(27)29)23(30)16-4-2-1-3-5-16/h6-7,10,16,21H,1-5,8-9,12-14H2. The number of benzene rings is 1. The largest absolute Gasteiger partial charge is 0.485 e. The van der Waals surface area contributed by atoms with Crippen molar-refractivity contribution in [3.05, 3.63) is 45.9 Å². The lowest BCUT2D eigenvalue weighted by Crippen LogP contribution is -2.56. The Balaban J connectivity index is 1.35. The molecule has 2 amide bonds. The Kier molecular flexibility index (Phi) is 5.62. The van der Waals surface area contributed by atoms with E-state index in [0.717, 1.165) is 43.2 Å². The van der Waals surface area contributed by atoms with Crippen molar-refractivity contribution >= 4 is 11.8 Å². The van der Waals surface area contributed by atoms with E-state index in [9.17, 15) is 14.8 Å². The lowest BCUT2D eigenvalue weighted by atomic mass is 9.86. The van der Waals surface area contributed by atoms with E-state index in [1.54, 1.807) is 11.0 Å². The highest BCUT2D eigenvalue weighted by Gasteiger charge is 2.40. The van der Waals surface area contributed by atoms with Crippen LogP contribution in [-0.4, -0.2) is 46.4 Å². The van der Waals surface area contributed by atoms with Gasteiger partial charge in [0.25, 0.3) is 5.69 Å². The number of fused-ring (bicyclic) bond motifs is 3. The zero-order valence-corrected chi connectivity index (χ0v) is 18.2. The molecule has 3 aliphatic rings. The monoisotopic (exact) mass is 451 g/mol. The van der Waals surface area contributed by atoms with Crippen LogP contribution in [0.4, 0.5) is 0 Å². The van der Waals surface area contributed by atoms with E-state index in [4.69, 9.17) is 10.00 Å². The minimum atomic E-state index is -0.242. The Bertz CT molecular complexity index is 1120. The highest BCUT2D eigenvalue weighted by atomic mass is 16.8. The first-order valence-corrected chi connectivity index (χ1v) is 11.4. The summed E-state index contributed by atoms with van der Waals surface area (Å²) in [5.74, 6) is 0.636. The first-order valence-electron chi connectivity index (χ1n) is 11.4. The number of aromatic nitrogens is 2. The fourth-order valence-corrected chi connectivity index (χ4v) is 5.19. The second-order valence-electron chi connectivity index (χ2n) is 8.89. The number of carbonyl (C=O) groups is 2. The molecule has 2 fully saturated rings. The third-order valence-electron chi connectivity index (χ3n) is 6.94. The third-order valence-corrected chi connectivity index (χ3v) is 6.94. The van der Waals surface area contributed by atoms with Gasteiger partial charge in [-0.15, -0.1) is 0 Å². The number of hydrogen-bond donors (Lipinski definition) is 0. The molecular formula is C23H25N5O5. The molecule has 1 aromatic heterocycles. The number of piperazine rings is 1. The van der Waals surface area contributed by atoms with Crippen molar-refractivity contribution in [3.63, 3.8) is 0 Å². The number of nitriles is 1. The maximum Gasteiger partial charge on any atom is 0.301 e. The van der Waals surface area contributed by atoms with Crippen molar-refractivity contribution in [2.75, 3.05) is 19.6 Å². The van der Waals surface area contributed by atoms with Gasteiger partial charge in [0.2, 0.25) is 11.8 Å². The van der Waals surface area contributed by atoms with Crippen molar-refractivity contribution in [1.29, 1.82) is 5.26 Å². The average Bonchev–Trinajstić information content (AvgIpc) is 3.21. The van der Waals surface area contributed by atoms with Crippen molar-refractivity contribution in [1.82, 2.24) is 15.0 Å². The van der Waals surface area contributed by atoms with Crippen molar-refractivity contribution in [3.8, 4) is 11.8 Å². The highest BCUT2D eigenvalue weighted by molar-refractivity contribution is 5.87. The van der Waals surface area contributed by atoms with Crippen molar-refractivity contribution < 1.29 is 23.9 Å². The lowest BCUT2D eigenvalue weighted by molar-refractivity contribution is -0.804. The lowest BCUT2D eigenvalue weighted by Gasteiger charge is -2.45. The quantitative estimate of drug-likeness (QED) is 0.646. The van der Waals surface area contributed by atoms with Gasteiger partial charge in [0.05, 0.1) is 12.6 Å². The first kappa shape index (κ1) is 21.2. The van der Waals surface area contributed by atoms with E-state index < -0.39 is 0 Å². The van der Waals surface area contributed by atoms with Crippen LogP contribution in [-0.2, 0) is 22.6 Å². The molecule has 10 nitrogen and oxygen atoms in total. The van der Waals surface area contributed by atoms with Crippen LogP contribution in [0.15, 0.2) is 22.8 Å². The van der Waals surface area contributed by atoms with Gasteiger partial charge in [-0.25, -0.2) is 0 Å². The molecule has 0 spiro atoms. The van der Waals surface area contributed by atoms with Crippen molar-refractivity contribution in [2.45, 2.75) is 51.2 Å². The molecule has 33 heavy (non-hydrogen) atoms. The molecule has 172 valence electrons. The molecule has 1 aromatic carbocycles. The van der Waals surface area contributed by atoms with Crippen LogP contribution in [0.25, 0.3) is 0 Å². The van der Waals surface area contributed by atoms with E-state index in [2.05, 4.69) is 9.79 Å². The molecule has 2 aliphatic heterocycles. The van der Waals surface area contributed by atoms with Gasteiger partial charge in [0, 0.05) is 24.2 Å². The van der Waals surface area contributed by atoms with Crippen LogP contribution < -0.4 is 9.64 Å². The molecule has 5 rings (SSSR count). The summed E-state index contributed by atoms with van der Waals surface area (Å²) in [6.07, 6.45) is 5.87. The minimum absolute atomic E-state index is 0.0198. The summed E-state index contributed by atoms with van der Waals surface area (Å²) >= 11 is 0. The Hall–Kier alpha value is -3.61. The summed E-state index contributed by atoms with van der Waals surface area (Å²) in [6.45, 7) is 1.17. The fourth-order valence-electron chi connectivity index (χ4n) is 5.19. The van der Waals surface area contributed by atoms with E-state index in [1.807, 2.05) is 23.1 Å². The van der Waals surface area contributed by atoms with Gasteiger partial charge in [0.1, 0.15) is 5.75 Å². The summed E-state index contributed by atoms with van der Waals surface area (Å²) in [5.41, 5.74) is 1.96. The third kappa shape index (κ3) is 3.99. The average molecular weight is 451 g/mol. The van der Waals surface area contributed by atoms with Gasteiger partial charge in [-0.1, -0.05) is 25.3 Å². The summed E-state index contributed by atoms with van der Waals surface area (Å²) < 4.78 is 10.2. The molecule has 1 aliphatic carbocycles. The number of nitrogens with zero attached hydrogens (tertiary/aromatic N) is 5. The molecular weight excluding hydrogens is 426 g/mol. The Labute approximate surface area is 190 Å². The number of rotatable bonds is 4. The van der Waals surface area contributed by atoms with Gasteiger partial charge >= 0.3 is 5.69 Å². The smallest absolute Gasteiger partial charge is 0.301 e. The molecule has 0 N–H and O–H groups in total. The number of amides is 2. The van der Waals surface area contributed by atoms with Crippen LogP contribution >= 0.6 is 0 Å². The summed E-state index contributed by atoms with van der Waals surface area (Å²) in [6, 6.07) is 7.21. The maximum absolute atomic E-state index is 13.1. The van der Waals surface area contributed by atoms with E-state index in [1.165, 1.54) is 6.42 Å². The van der Waals surface area contributed by atoms with Crippen LogP contribution in [0.2, 0.25) is 0 Å². The molecule has 2 aromatic rings. The van der Waals surface area contributed by atoms with Crippen LogP contribution in [0.1, 0.15) is 60.7 Å². The molecule has 3 heterocycles. The highest BCUT2D eigenvalue weighted by Crippen LogP contribution is 2.36. The maximum atomic E-state index is 13.1. The van der Waals surface area contributed by atoms with E-state index in [-0.39, 0.29) is 53.2 Å². The summed E-state index contributed by atoms with van der Waals surface area (Å²) in [7, 11) is 0. The molecule has 1 atom stereocenters. The Morgan fingerprint density at radius 3 is 2.94 bits per heavy atom. The normalized spacial score (nSPS) is 20.7. The zero-order chi connectivity index (χ0) is 22.9. The summed E-state index contributed by atoms with van der Waals surface area (Å²) in [5, 5.41) is 24.0. The van der Waals surface area contributed by atoms with Crippen LogP contribution in [0.5, 0.6) is 5.75 Å². The predicted octanol–water partition coefficient (Wildman–Crippen LogP) is 1.61. The minimum Gasteiger partial charge on any atom is -0.485 e. The Morgan fingerprint density at radius 1 is 1.33 bits per heavy atom. The molecule has 0 radical (unpaired) electrons. The van der Waals surface area contributed by atoms with E-state index >= 15 is 0 Å². The summed E-state index contributed by atoms with van der Waals surface area (Å²) in [4.78, 5) is 29.7. The second-order valence-corrected chi connectivity index (χ2v) is 8.89. The topological polar surface area (TPSA) is 127 Å². The molecule has 1 saturated heterocycles. The first-order chi connectivity index (χ1) is 16.0. The molecule has 10 heteroatoms. The molecule has 0 bridgehead atoms. The zero-order valence-electron chi connectivity index (χ0n) is 18.2. The van der Waals surface area contributed by atoms with Gasteiger partial charge in [0.15, 0.2) is 12.7 Å². The van der Waals surface area contributed by atoms with E-state index in [0.29, 0.717) is 18.8 Å². The van der Waals surface area contributed by atoms with Gasteiger partial charge in [-0.2, -0.15) is 5.26 Å². The SMILES string of the molecule is N#Cc1c(COc2ccc3c(c2)C2CN(C(=O)C4CCCCC4)CC(=O)N2CC3)no[n+]1[O-]. The predicted molar refractivity (Wildman–Crippen MR) is 112 cm³/mol. The van der Waals surface area contributed by atoms with Gasteiger partial charge in [-0.05, 0) is 47.4 Å².